The molecule has 0 saturated heterocycles. The molecule has 1 aromatic carbocycles. The molecule has 4 heteroatoms. The van der Waals surface area contributed by atoms with E-state index in [1.165, 1.54) is 22.5 Å². The van der Waals surface area contributed by atoms with Crippen molar-refractivity contribution in [1.82, 2.24) is 5.43 Å². The lowest BCUT2D eigenvalue weighted by Crippen LogP contribution is -2.18. The minimum atomic E-state index is -0.168. The Balaban J connectivity index is 2.10. The van der Waals surface area contributed by atoms with E-state index in [4.69, 9.17) is 0 Å². The lowest BCUT2D eigenvalue weighted by Gasteiger charge is -2.05. The molecule has 0 unspecified atom stereocenters. The van der Waals surface area contributed by atoms with Gasteiger partial charge in [0.1, 0.15) is 0 Å². The smallest absolute Gasteiger partial charge is 0.266 e. The molecule has 0 saturated carbocycles. The van der Waals surface area contributed by atoms with E-state index in [1.807, 2.05) is 24.4 Å². The van der Waals surface area contributed by atoms with Gasteiger partial charge in [-0.2, -0.15) is 5.10 Å². The molecular weight excluding hydrogens is 256 g/mol. The van der Waals surface area contributed by atoms with Crippen LogP contribution in [-0.4, -0.2) is 11.6 Å². The molecule has 0 aliphatic carbocycles. The van der Waals surface area contributed by atoms with E-state index in [0.29, 0.717) is 4.88 Å². The first-order chi connectivity index (χ1) is 9.08. The van der Waals surface area contributed by atoms with Crippen LogP contribution < -0.4 is 5.43 Å². The van der Waals surface area contributed by atoms with Gasteiger partial charge in [0, 0.05) is 0 Å². The van der Waals surface area contributed by atoms with Crippen molar-refractivity contribution in [1.29, 1.82) is 0 Å². The first-order valence-electron chi connectivity index (χ1n) is 6.03. The number of nitrogens with zero attached hydrogens (tertiary/aromatic N) is 1. The zero-order valence-electron chi connectivity index (χ0n) is 11.2. The van der Waals surface area contributed by atoms with Crippen LogP contribution in [0.5, 0.6) is 0 Å². The fourth-order valence-corrected chi connectivity index (χ4v) is 2.24. The third kappa shape index (κ3) is 3.29. The van der Waals surface area contributed by atoms with Crippen molar-refractivity contribution in [3.8, 4) is 0 Å². The van der Waals surface area contributed by atoms with Crippen molar-refractivity contribution >= 4 is 23.0 Å². The molecular formula is C15H16N2OS. The molecule has 1 amide bonds. The zero-order valence-corrected chi connectivity index (χ0v) is 12.0. The van der Waals surface area contributed by atoms with Gasteiger partial charge in [-0.05, 0) is 55.0 Å². The Labute approximate surface area is 117 Å². The summed E-state index contributed by atoms with van der Waals surface area (Å²) in [5.41, 5.74) is 6.87. The minimum Gasteiger partial charge on any atom is -0.266 e. The first-order valence-corrected chi connectivity index (χ1v) is 6.91. The fraction of sp³-hybridized carbons (Fsp3) is 0.200. The number of hydrogen-bond donors (Lipinski definition) is 1. The maximum Gasteiger partial charge on any atom is 0.281 e. The number of rotatable bonds is 3. The number of hydrazone groups is 1. The highest BCUT2D eigenvalue weighted by Crippen LogP contribution is 2.11. The zero-order chi connectivity index (χ0) is 13.8. The van der Waals surface area contributed by atoms with Crippen LogP contribution in [0, 0.1) is 13.8 Å². The SMILES string of the molecule is CC(=NNC(=O)c1cccs1)c1ccc(C)c(C)c1. The minimum absolute atomic E-state index is 0.168. The molecule has 1 heterocycles. The highest BCUT2D eigenvalue weighted by Gasteiger charge is 2.05. The fourth-order valence-electron chi connectivity index (χ4n) is 1.63. The standard InChI is InChI=1S/C15H16N2OS/c1-10-6-7-13(9-11(10)2)12(3)16-17-15(18)14-5-4-8-19-14/h4-9H,1-3H3,(H,17,18). The van der Waals surface area contributed by atoms with Crippen LogP contribution in [0.1, 0.15) is 33.3 Å². The first kappa shape index (κ1) is 13.5. The number of carbonyl (C=O) groups is 1. The summed E-state index contributed by atoms with van der Waals surface area (Å²) in [5, 5.41) is 6.01. The largest absolute Gasteiger partial charge is 0.281 e. The molecule has 0 radical (unpaired) electrons. The summed E-state index contributed by atoms with van der Waals surface area (Å²) in [5.74, 6) is -0.168. The van der Waals surface area contributed by atoms with Crippen LogP contribution in [0.4, 0.5) is 0 Å². The lowest BCUT2D eigenvalue weighted by atomic mass is 10.0. The van der Waals surface area contributed by atoms with Gasteiger partial charge in [0.05, 0.1) is 10.6 Å². The second-order valence-electron chi connectivity index (χ2n) is 4.41. The van der Waals surface area contributed by atoms with Crippen molar-refractivity contribution in [2.75, 3.05) is 0 Å². The molecule has 1 N–H and O–H groups in total. The average molecular weight is 272 g/mol. The molecule has 2 aromatic rings. The molecule has 0 spiro atoms. The van der Waals surface area contributed by atoms with Crippen LogP contribution >= 0.6 is 11.3 Å². The van der Waals surface area contributed by atoms with E-state index in [-0.39, 0.29) is 5.91 Å². The van der Waals surface area contributed by atoms with Crippen molar-refractivity contribution in [3.05, 3.63) is 57.3 Å². The van der Waals surface area contributed by atoms with Gasteiger partial charge in [0.25, 0.3) is 5.91 Å². The number of hydrogen-bond acceptors (Lipinski definition) is 3. The number of aryl methyl sites for hydroxylation is 2. The Kier molecular flexibility index (Phi) is 4.12. The normalized spacial score (nSPS) is 11.4. The second kappa shape index (κ2) is 5.80. The van der Waals surface area contributed by atoms with Gasteiger partial charge in [0.2, 0.25) is 0 Å². The Morgan fingerprint density at radius 2 is 2.00 bits per heavy atom. The molecule has 3 nitrogen and oxygen atoms in total. The van der Waals surface area contributed by atoms with Crippen LogP contribution in [0.2, 0.25) is 0 Å². The quantitative estimate of drug-likeness (QED) is 0.674. The van der Waals surface area contributed by atoms with E-state index in [9.17, 15) is 4.79 Å². The van der Waals surface area contributed by atoms with E-state index in [2.05, 4.69) is 36.5 Å². The Morgan fingerprint density at radius 1 is 1.21 bits per heavy atom. The van der Waals surface area contributed by atoms with Gasteiger partial charge in [-0.3, -0.25) is 4.79 Å². The average Bonchev–Trinajstić information content (AvgIpc) is 2.92. The summed E-state index contributed by atoms with van der Waals surface area (Å²) in [6.45, 7) is 6.03. The van der Waals surface area contributed by atoms with Gasteiger partial charge in [0.15, 0.2) is 0 Å². The van der Waals surface area contributed by atoms with Crippen molar-refractivity contribution in [3.63, 3.8) is 0 Å². The monoisotopic (exact) mass is 272 g/mol. The summed E-state index contributed by atoms with van der Waals surface area (Å²) in [6, 6.07) is 9.77. The Bertz CT molecular complexity index is 615. The predicted octanol–water partition coefficient (Wildman–Crippen LogP) is 3.52. The number of carbonyl (C=O) groups excluding carboxylic acids is 1. The summed E-state index contributed by atoms with van der Waals surface area (Å²) in [7, 11) is 0. The maximum absolute atomic E-state index is 11.8. The molecule has 0 fully saturated rings. The lowest BCUT2D eigenvalue weighted by molar-refractivity contribution is 0.0959. The third-order valence-electron chi connectivity index (χ3n) is 2.99. The summed E-state index contributed by atoms with van der Waals surface area (Å²) in [4.78, 5) is 12.4. The van der Waals surface area contributed by atoms with Crippen LogP contribution in [0.25, 0.3) is 0 Å². The second-order valence-corrected chi connectivity index (χ2v) is 5.36. The van der Waals surface area contributed by atoms with Crippen molar-refractivity contribution < 1.29 is 4.79 Å². The molecule has 0 atom stereocenters. The van der Waals surface area contributed by atoms with E-state index in [0.717, 1.165) is 11.3 Å². The number of amides is 1. The van der Waals surface area contributed by atoms with Crippen LogP contribution in [0.3, 0.4) is 0 Å². The molecule has 1 aromatic heterocycles. The molecule has 0 aliphatic heterocycles. The van der Waals surface area contributed by atoms with E-state index >= 15 is 0 Å². The molecule has 0 bridgehead atoms. The Hall–Kier alpha value is -1.94. The summed E-state index contributed by atoms with van der Waals surface area (Å²) >= 11 is 1.40. The van der Waals surface area contributed by atoms with Gasteiger partial charge < -0.3 is 0 Å². The number of nitrogens with one attached hydrogen (secondary N) is 1. The van der Waals surface area contributed by atoms with Crippen LogP contribution in [0.15, 0.2) is 40.8 Å². The highest BCUT2D eigenvalue weighted by atomic mass is 32.1. The molecule has 2 rings (SSSR count). The van der Waals surface area contributed by atoms with Gasteiger partial charge in [-0.25, -0.2) is 5.43 Å². The number of benzene rings is 1. The van der Waals surface area contributed by atoms with Gasteiger partial charge in [-0.15, -0.1) is 11.3 Å². The summed E-state index contributed by atoms with van der Waals surface area (Å²) < 4.78 is 0. The summed E-state index contributed by atoms with van der Waals surface area (Å²) in [6.07, 6.45) is 0. The van der Waals surface area contributed by atoms with Crippen LogP contribution in [-0.2, 0) is 0 Å². The van der Waals surface area contributed by atoms with Gasteiger partial charge >= 0.3 is 0 Å². The maximum atomic E-state index is 11.8. The van der Waals surface area contributed by atoms with E-state index in [1.54, 1.807) is 6.07 Å². The molecule has 19 heavy (non-hydrogen) atoms. The van der Waals surface area contributed by atoms with E-state index < -0.39 is 0 Å². The number of thiophene rings is 1. The molecule has 98 valence electrons. The Morgan fingerprint density at radius 3 is 2.63 bits per heavy atom. The highest BCUT2D eigenvalue weighted by molar-refractivity contribution is 7.12. The predicted molar refractivity (Wildman–Crippen MR) is 79.9 cm³/mol. The van der Waals surface area contributed by atoms with Crippen molar-refractivity contribution in [2.45, 2.75) is 20.8 Å². The van der Waals surface area contributed by atoms with Crippen molar-refractivity contribution in [2.24, 2.45) is 5.10 Å². The molecule has 0 aliphatic rings. The third-order valence-corrected chi connectivity index (χ3v) is 3.86. The topological polar surface area (TPSA) is 41.5 Å². The van der Waals surface area contributed by atoms with Gasteiger partial charge in [-0.1, -0.05) is 18.2 Å².